The van der Waals surface area contributed by atoms with Crippen LogP contribution in [-0.2, 0) is 6.61 Å². The molecule has 5 heteroatoms. The van der Waals surface area contributed by atoms with Gasteiger partial charge in [-0.1, -0.05) is 11.6 Å². The van der Waals surface area contributed by atoms with Crippen molar-refractivity contribution in [1.82, 2.24) is 4.98 Å². The SMILES string of the molecule is CC(C)Nc1ccc(OCc2nccs2)c(Cl)c1. The number of hydrogen-bond acceptors (Lipinski definition) is 4. The van der Waals surface area contributed by atoms with Gasteiger partial charge < -0.3 is 10.1 Å². The van der Waals surface area contributed by atoms with E-state index in [0.29, 0.717) is 23.4 Å². The molecule has 1 aromatic carbocycles. The highest BCUT2D eigenvalue weighted by Crippen LogP contribution is 2.28. The largest absolute Gasteiger partial charge is 0.485 e. The number of aromatic nitrogens is 1. The fourth-order valence-electron chi connectivity index (χ4n) is 1.50. The van der Waals surface area contributed by atoms with Crippen LogP contribution in [0.4, 0.5) is 5.69 Å². The molecule has 3 nitrogen and oxygen atoms in total. The molecule has 0 radical (unpaired) electrons. The molecule has 0 saturated heterocycles. The average molecular weight is 283 g/mol. The van der Waals surface area contributed by atoms with E-state index in [1.165, 1.54) is 0 Å². The van der Waals surface area contributed by atoms with Crippen molar-refractivity contribution in [2.75, 3.05) is 5.32 Å². The summed E-state index contributed by atoms with van der Waals surface area (Å²) in [5.41, 5.74) is 0.997. The van der Waals surface area contributed by atoms with Gasteiger partial charge in [-0.15, -0.1) is 11.3 Å². The molecule has 0 saturated carbocycles. The second-order valence-corrected chi connectivity index (χ2v) is 5.55. The zero-order valence-corrected chi connectivity index (χ0v) is 11.9. The monoisotopic (exact) mass is 282 g/mol. The van der Waals surface area contributed by atoms with Gasteiger partial charge in [0.1, 0.15) is 17.4 Å². The predicted molar refractivity (Wildman–Crippen MR) is 76.7 cm³/mol. The maximum Gasteiger partial charge on any atom is 0.140 e. The molecule has 0 aliphatic heterocycles. The summed E-state index contributed by atoms with van der Waals surface area (Å²) in [6.07, 6.45) is 1.76. The van der Waals surface area contributed by atoms with Crippen molar-refractivity contribution >= 4 is 28.6 Å². The minimum atomic E-state index is 0.378. The van der Waals surface area contributed by atoms with E-state index in [0.717, 1.165) is 10.7 Å². The zero-order valence-electron chi connectivity index (χ0n) is 10.3. The standard InChI is InChI=1S/C13H15ClN2OS/c1-9(2)16-10-3-4-12(11(14)7-10)17-8-13-15-5-6-18-13/h3-7,9,16H,8H2,1-2H3. The van der Waals surface area contributed by atoms with Crippen LogP contribution in [-0.4, -0.2) is 11.0 Å². The van der Waals surface area contributed by atoms with Crippen LogP contribution in [0.2, 0.25) is 5.02 Å². The molecule has 0 aliphatic carbocycles. The van der Waals surface area contributed by atoms with Gasteiger partial charge in [-0.25, -0.2) is 4.98 Å². The number of ether oxygens (including phenoxy) is 1. The first-order chi connectivity index (χ1) is 8.65. The van der Waals surface area contributed by atoms with Crippen molar-refractivity contribution in [1.29, 1.82) is 0 Å². The maximum atomic E-state index is 6.17. The third-order valence-corrected chi connectivity index (χ3v) is 3.27. The number of rotatable bonds is 5. The Bertz CT molecular complexity index is 500. The first-order valence-corrected chi connectivity index (χ1v) is 6.98. The molecular weight excluding hydrogens is 268 g/mol. The lowest BCUT2D eigenvalue weighted by Crippen LogP contribution is -2.09. The number of nitrogens with one attached hydrogen (secondary N) is 1. The molecule has 0 amide bonds. The van der Waals surface area contributed by atoms with Crippen molar-refractivity contribution in [3.8, 4) is 5.75 Å². The smallest absolute Gasteiger partial charge is 0.140 e. The summed E-state index contributed by atoms with van der Waals surface area (Å²) in [6.45, 7) is 4.62. The third-order valence-electron chi connectivity index (χ3n) is 2.22. The van der Waals surface area contributed by atoms with Gasteiger partial charge >= 0.3 is 0 Å². The number of thiazole rings is 1. The molecule has 2 rings (SSSR count). The molecule has 1 aromatic heterocycles. The van der Waals surface area contributed by atoms with Crippen molar-refractivity contribution in [3.05, 3.63) is 39.8 Å². The lowest BCUT2D eigenvalue weighted by Gasteiger charge is -2.12. The first kappa shape index (κ1) is 13.2. The van der Waals surface area contributed by atoms with E-state index in [4.69, 9.17) is 16.3 Å². The Labute approximate surface area is 116 Å². The molecule has 0 bridgehead atoms. The second-order valence-electron chi connectivity index (χ2n) is 4.16. The first-order valence-electron chi connectivity index (χ1n) is 5.72. The van der Waals surface area contributed by atoms with Crippen LogP contribution in [0, 0.1) is 0 Å². The Morgan fingerprint density at radius 3 is 2.89 bits per heavy atom. The Kier molecular flexibility index (Phi) is 4.44. The molecule has 0 unspecified atom stereocenters. The van der Waals surface area contributed by atoms with Crippen molar-refractivity contribution in [2.24, 2.45) is 0 Å². The molecule has 0 aliphatic rings. The van der Waals surface area contributed by atoms with Crippen LogP contribution in [0.3, 0.4) is 0 Å². The molecule has 0 atom stereocenters. The number of hydrogen-bond donors (Lipinski definition) is 1. The van der Waals surface area contributed by atoms with E-state index < -0.39 is 0 Å². The van der Waals surface area contributed by atoms with Crippen molar-refractivity contribution in [3.63, 3.8) is 0 Å². The highest BCUT2D eigenvalue weighted by molar-refractivity contribution is 7.09. The average Bonchev–Trinajstić information content (AvgIpc) is 2.80. The summed E-state index contributed by atoms with van der Waals surface area (Å²) >= 11 is 7.74. The van der Waals surface area contributed by atoms with Crippen LogP contribution in [0.5, 0.6) is 5.75 Å². The summed E-state index contributed by atoms with van der Waals surface area (Å²) in [5, 5.41) is 6.77. The minimum absolute atomic E-state index is 0.378. The number of nitrogens with zero attached hydrogens (tertiary/aromatic N) is 1. The van der Waals surface area contributed by atoms with Crippen molar-refractivity contribution in [2.45, 2.75) is 26.5 Å². The molecule has 1 N–H and O–H groups in total. The topological polar surface area (TPSA) is 34.1 Å². The predicted octanol–water partition coefficient (Wildman–Crippen LogP) is 4.20. The van der Waals surface area contributed by atoms with Gasteiger partial charge in [0.15, 0.2) is 0 Å². The Morgan fingerprint density at radius 1 is 1.44 bits per heavy atom. The number of halogens is 1. The highest BCUT2D eigenvalue weighted by Gasteiger charge is 2.05. The van der Waals surface area contributed by atoms with Gasteiger partial charge in [0.2, 0.25) is 0 Å². The van der Waals surface area contributed by atoms with Gasteiger partial charge in [0, 0.05) is 23.3 Å². The van der Waals surface area contributed by atoms with E-state index in [9.17, 15) is 0 Å². The van der Waals surface area contributed by atoms with Crippen molar-refractivity contribution < 1.29 is 4.74 Å². The van der Waals surface area contributed by atoms with Gasteiger partial charge in [-0.05, 0) is 32.0 Å². The summed E-state index contributed by atoms with van der Waals surface area (Å²) in [4.78, 5) is 4.16. The van der Waals surface area contributed by atoms with E-state index >= 15 is 0 Å². The molecule has 18 heavy (non-hydrogen) atoms. The summed E-state index contributed by atoms with van der Waals surface area (Å²) < 4.78 is 5.63. The fourth-order valence-corrected chi connectivity index (χ4v) is 2.27. The lowest BCUT2D eigenvalue weighted by molar-refractivity contribution is 0.306. The van der Waals surface area contributed by atoms with Crippen LogP contribution in [0.15, 0.2) is 29.8 Å². The van der Waals surface area contributed by atoms with Gasteiger partial charge in [-0.2, -0.15) is 0 Å². The van der Waals surface area contributed by atoms with E-state index in [1.807, 2.05) is 23.6 Å². The molecule has 2 aromatic rings. The van der Waals surface area contributed by atoms with Gasteiger partial charge in [-0.3, -0.25) is 0 Å². The van der Waals surface area contributed by atoms with Gasteiger partial charge in [0.05, 0.1) is 5.02 Å². The maximum absolute atomic E-state index is 6.17. The quantitative estimate of drug-likeness (QED) is 0.893. The van der Waals surface area contributed by atoms with Crippen LogP contribution < -0.4 is 10.1 Å². The molecule has 1 heterocycles. The molecule has 0 spiro atoms. The van der Waals surface area contributed by atoms with E-state index in [1.54, 1.807) is 17.5 Å². The normalized spacial score (nSPS) is 10.7. The molecule has 0 fully saturated rings. The van der Waals surface area contributed by atoms with Gasteiger partial charge in [0.25, 0.3) is 0 Å². The third kappa shape index (κ3) is 3.62. The van der Waals surface area contributed by atoms with Crippen LogP contribution in [0.25, 0.3) is 0 Å². The summed E-state index contributed by atoms with van der Waals surface area (Å²) in [6, 6.07) is 6.09. The molecular formula is C13H15ClN2OS. The van der Waals surface area contributed by atoms with Crippen LogP contribution >= 0.6 is 22.9 Å². The number of anilines is 1. The number of benzene rings is 1. The Morgan fingerprint density at radius 2 is 2.28 bits per heavy atom. The van der Waals surface area contributed by atoms with E-state index in [-0.39, 0.29) is 0 Å². The lowest BCUT2D eigenvalue weighted by atomic mass is 10.2. The summed E-state index contributed by atoms with van der Waals surface area (Å²) in [5.74, 6) is 0.682. The van der Waals surface area contributed by atoms with E-state index in [2.05, 4.69) is 24.1 Å². The minimum Gasteiger partial charge on any atom is -0.485 e. The van der Waals surface area contributed by atoms with Crippen LogP contribution in [0.1, 0.15) is 18.9 Å². The summed E-state index contributed by atoms with van der Waals surface area (Å²) in [7, 11) is 0. The highest BCUT2D eigenvalue weighted by atomic mass is 35.5. The fraction of sp³-hybridized carbons (Fsp3) is 0.308. The Balaban J connectivity index is 2.01. The Hall–Kier alpha value is -1.26. The zero-order chi connectivity index (χ0) is 13.0. The molecule has 96 valence electrons. The second kappa shape index (κ2) is 6.07.